The number of carbonyl (C=O) groups is 1. The molecule has 4 rings (SSSR count). The molecule has 4 aliphatic rings. The van der Waals surface area contributed by atoms with Crippen molar-refractivity contribution in [1.29, 1.82) is 0 Å². The summed E-state index contributed by atoms with van der Waals surface area (Å²) in [4.78, 5) is 13.7. The van der Waals surface area contributed by atoms with Crippen molar-refractivity contribution in [3.05, 3.63) is 72.0 Å². The largest absolute Gasteiger partial charge is 0.427 e. The maximum atomic E-state index is 11.7. The first-order valence-corrected chi connectivity index (χ1v) is 5.96. The van der Waals surface area contributed by atoms with Crippen LogP contribution in [0.2, 0.25) is 0 Å². The molecule has 1 saturated heterocycles. The number of fused-ring (bicyclic) bond motifs is 1. The van der Waals surface area contributed by atoms with Crippen molar-refractivity contribution in [3.8, 4) is 0 Å². The Labute approximate surface area is 105 Å². The van der Waals surface area contributed by atoms with Crippen LogP contribution in [0.1, 0.15) is 6.42 Å². The summed E-state index contributed by atoms with van der Waals surface area (Å²) >= 11 is 0. The third kappa shape index (κ3) is 1.06. The molecule has 0 radical (unpaired) electrons. The van der Waals surface area contributed by atoms with E-state index in [9.17, 15) is 4.79 Å². The molecule has 1 fully saturated rings. The predicted molar refractivity (Wildman–Crippen MR) is 66.7 cm³/mol. The van der Waals surface area contributed by atoms with E-state index < -0.39 is 0 Å². The fraction of sp³-hybridized carbons (Fsp3) is 0.133. The first kappa shape index (κ1) is 9.71. The van der Waals surface area contributed by atoms with Crippen LogP contribution in [0, 0.1) is 5.41 Å². The monoisotopic (exact) mass is 237 g/mol. The first-order valence-electron chi connectivity index (χ1n) is 5.96. The van der Waals surface area contributed by atoms with E-state index in [1.54, 1.807) is 0 Å². The molecule has 0 amide bonds. The third-order valence-electron chi connectivity index (χ3n) is 3.73. The lowest BCUT2D eigenvalue weighted by atomic mass is 9.72. The minimum atomic E-state index is -0.382. The molecule has 1 spiro atoms. The molecule has 0 N–H and O–H groups in total. The van der Waals surface area contributed by atoms with Crippen molar-refractivity contribution < 1.29 is 9.53 Å². The predicted octanol–water partition coefficient (Wildman–Crippen LogP) is 2.54. The Bertz CT molecular complexity index is 631. The summed E-state index contributed by atoms with van der Waals surface area (Å²) in [5.41, 5.74) is 1.68. The minimum Gasteiger partial charge on any atom is -0.427 e. The van der Waals surface area contributed by atoms with Crippen molar-refractivity contribution in [3.63, 3.8) is 0 Å². The van der Waals surface area contributed by atoms with E-state index in [1.807, 2.05) is 47.6 Å². The van der Waals surface area contributed by atoms with Gasteiger partial charge in [-0.15, -0.1) is 0 Å². The van der Waals surface area contributed by atoms with E-state index in [1.165, 1.54) is 0 Å². The van der Waals surface area contributed by atoms with Crippen LogP contribution in [0.5, 0.6) is 0 Å². The lowest BCUT2D eigenvalue weighted by Gasteiger charge is -2.36. The summed E-state index contributed by atoms with van der Waals surface area (Å²) in [6, 6.07) is 0. The zero-order valence-corrected chi connectivity index (χ0v) is 9.67. The van der Waals surface area contributed by atoms with Crippen LogP contribution in [0.3, 0.4) is 0 Å². The number of ether oxygens (including phenoxy) is 1. The van der Waals surface area contributed by atoms with Crippen LogP contribution in [-0.4, -0.2) is 10.9 Å². The van der Waals surface area contributed by atoms with Crippen LogP contribution in [-0.2, 0) is 9.53 Å². The van der Waals surface area contributed by atoms with Gasteiger partial charge in [0.2, 0.25) is 0 Å². The quantitative estimate of drug-likeness (QED) is 0.606. The highest BCUT2D eigenvalue weighted by Gasteiger charge is 2.50. The molecule has 88 valence electrons. The van der Waals surface area contributed by atoms with Gasteiger partial charge in [0.25, 0.3) is 0 Å². The molecular weight excluding hydrogens is 226 g/mol. The van der Waals surface area contributed by atoms with E-state index in [0.29, 0.717) is 6.42 Å². The Balaban J connectivity index is 1.99. The van der Waals surface area contributed by atoms with E-state index in [2.05, 4.69) is 12.3 Å². The Hall–Kier alpha value is -2.29. The van der Waals surface area contributed by atoms with Gasteiger partial charge in [0.15, 0.2) is 0 Å². The van der Waals surface area contributed by atoms with E-state index >= 15 is 0 Å². The van der Waals surface area contributed by atoms with E-state index in [4.69, 9.17) is 4.74 Å². The molecule has 3 aliphatic heterocycles. The summed E-state index contributed by atoms with van der Waals surface area (Å²) in [6.45, 7) is 0. The summed E-state index contributed by atoms with van der Waals surface area (Å²) in [6.07, 6.45) is 18.4. The van der Waals surface area contributed by atoms with Gasteiger partial charge < -0.3 is 9.64 Å². The molecule has 3 heteroatoms. The highest BCUT2D eigenvalue weighted by atomic mass is 16.5. The molecule has 0 aromatic rings. The van der Waals surface area contributed by atoms with Crippen molar-refractivity contribution in [1.82, 2.24) is 4.90 Å². The molecule has 0 bridgehead atoms. The maximum absolute atomic E-state index is 11.7. The Morgan fingerprint density at radius 2 is 2.06 bits per heavy atom. The van der Waals surface area contributed by atoms with Crippen LogP contribution in [0.15, 0.2) is 72.0 Å². The second kappa shape index (κ2) is 3.13. The van der Waals surface area contributed by atoms with Crippen molar-refractivity contribution >= 4 is 5.97 Å². The van der Waals surface area contributed by atoms with E-state index in [0.717, 1.165) is 17.0 Å². The highest BCUT2D eigenvalue weighted by Crippen LogP contribution is 2.53. The number of nitrogens with zero attached hydrogens (tertiary/aromatic N) is 1. The number of hydrogen-bond donors (Lipinski definition) is 0. The highest BCUT2D eigenvalue weighted by molar-refractivity contribution is 5.80. The Morgan fingerprint density at radius 1 is 1.17 bits per heavy atom. The molecule has 0 aromatic carbocycles. The van der Waals surface area contributed by atoms with Gasteiger partial charge in [-0.3, -0.25) is 4.79 Å². The Morgan fingerprint density at radius 3 is 3.00 bits per heavy atom. The fourth-order valence-electron chi connectivity index (χ4n) is 2.89. The van der Waals surface area contributed by atoms with Crippen molar-refractivity contribution in [2.75, 3.05) is 0 Å². The van der Waals surface area contributed by atoms with Crippen molar-refractivity contribution in [2.45, 2.75) is 6.42 Å². The fourth-order valence-corrected chi connectivity index (χ4v) is 2.89. The zero-order chi connectivity index (χ0) is 12.2. The second-order valence-corrected chi connectivity index (χ2v) is 4.75. The van der Waals surface area contributed by atoms with Gasteiger partial charge in [-0.05, 0) is 17.7 Å². The zero-order valence-electron chi connectivity index (χ0n) is 9.67. The lowest BCUT2D eigenvalue weighted by Crippen LogP contribution is -2.30. The molecule has 3 nitrogen and oxygen atoms in total. The molecule has 18 heavy (non-hydrogen) atoms. The van der Waals surface area contributed by atoms with Crippen LogP contribution in [0.4, 0.5) is 0 Å². The first-order chi connectivity index (χ1) is 8.79. The van der Waals surface area contributed by atoms with Gasteiger partial charge in [0, 0.05) is 12.4 Å². The molecular formula is C15H11NO2. The standard InChI is InChI=1S/C15H11NO2/c17-13-9-15-7-3-1-5-11(15)10-16-8-4-2-6-12(16)14(15)18-13/h1-8,10H,9H2. The summed E-state index contributed by atoms with van der Waals surface area (Å²) in [7, 11) is 0. The number of allylic oxidation sites excluding steroid dienone is 7. The molecule has 3 heterocycles. The third-order valence-corrected chi connectivity index (χ3v) is 3.73. The van der Waals surface area contributed by atoms with Gasteiger partial charge in [0.1, 0.15) is 5.76 Å². The number of esters is 1. The van der Waals surface area contributed by atoms with Gasteiger partial charge >= 0.3 is 5.97 Å². The van der Waals surface area contributed by atoms with E-state index in [-0.39, 0.29) is 11.4 Å². The number of rotatable bonds is 0. The summed E-state index contributed by atoms with van der Waals surface area (Å²) in [5, 5.41) is 0. The molecule has 1 aliphatic carbocycles. The minimum absolute atomic E-state index is 0.159. The Kier molecular flexibility index (Phi) is 1.69. The summed E-state index contributed by atoms with van der Waals surface area (Å²) in [5.74, 6) is 0.597. The lowest BCUT2D eigenvalue weighted by molar-refractivity contribution is -0.135. The normalized spacial score (nSPS) is 31.0. The molecule has 0 aromatic heterocycles. The van der Waals surface area contributed by atoms with Crippen LogP contribution < -0.4 is 0 Å². The van der Waals surface area contributed by atoms with Gasteiger partial charge in [-0.2, -0.15) is 0 Å². The number of carbonyl (C=O) groups excluding carboxylic acids is 1. The average molecular weight is 237 g/mol. The second-order valence-electron chi connectivity index (χ2n) is 4.75. The molecule has 0 saturated carbocycles. The van der Waals surface area contributed by atoms with Gasteiger partial charge in [-0.25, -0.2) is 0 Å². The average Bonchev–Trinajstić information content (AvgIpc) is 2.72. The van der Waals surface area contributed by atoms with Gasteiger partial charge in [-0.1, -0.05) is 30.4 Å². The summed E-state index contributed by atoms with van der Waals surface area (Å²) < 4.78 is 5.48. The molecule has 1 unspecified atom stereocenters. The topological polar surface area (TPSA) is 29.5 Å². The number of hydrogen-bond acceptors (Lipinski definition) is 3. The molecule has 1 atom stereocenters. The maximum Gasteiger partial charge on any atom is 0.312 e. The van der Waals surface area contributed by atoms with Crippen molar-refractivity contribution in [2.24, 2.45) is 5.41 Å². The SMILES string of the molecule is O=C1CC23C=CC=CC2=CN2C=CC=CC2=C3O1. The van der Waals surface area contributed by atoms with Crippen LogP contribution in [0.25, 0.3) is 0 Å². The van der Waals surface area contributed by atoms with Gasteiger partial charge in [0.05, 0.1) is 17.5 Å². The smallest absolute Gasteiger partial charge is 0.312 e. The van der Waals surface area contributed by atoms with Crippen LogP contribution >= 0.6 is 0 Å².